The number of nitrogens with zero attached hydrogens (tertiary/aromatic N) is 1. The first-order valence-electron chi connectivity index (χ1n) is 6.01. The second kappa shape index (κ2) is 6.40. The molecule has 0 bridgehead atoms. The molecule has 0 unspecified atom stereocenters. The fourth-order valence-corrected chi connectivity index (χ4v) is 1.89. The van der Waals surface area contributed by atoms with Gasteiger partial charge in [-0.25, -0.2) is 4.79 Å². The highest BCUT2D eigenvalue weighted by Crippen LogP contribution is 2.13. The number of methoxy groups -OCH3 is 1. The van der Waals surface area contributed by atoms with Gasteiger partial charge in [0.2, 0.25) is 0 Å². The third kappa shape index (κ3) is 3.86. The van der Waals surface area contributed by atoms with Gasteiger partial charge in [-0.05, 0) is 43.3 Å². The normalized spacial score (nSPS) is 10.6. The van der Waals surface area contributed by atoms with E-state index in [4.69, 9.17) is 4.74 Å². The van der Waals surface area contributed by atoms with Crippen molar-refractivity contribution < 1.29 is 9.53 Å². The third-order valence-corrected chi connectivity index (χ3v) is 2.86. The summed E-state index contributed by atoms with van der Waals surface area (Å²) >= 11 is 0. The van der Waals surface area contributed by atoms with Crippen molar-refractivity contribution in [2.75, 3.05) is 20.2 Å². The van der Waals surface area contributed by atoms with E-state index in [1.54, 1.807) is 0 Å². The molecule has 94 valence electrons. The molecule has 0 aromatic heterocycles. The predicted octanol–water partition coefficient (Wildman–Crippen LogP) is 2.62. The maximum absolute atomic E-state index is 11.5. The van der Waals surface area contributed by atoms with Gasteiger partial charge in [-0.2, -0.15) is 0 Å². The van der Waals surface area contributed by atoms with Crippen molar-refractivity contribution in [2.24, 2.45) is 0 Å². The van der Waals surface area contributed by atoms with Gasteiger partial charge >= 0.3 is 5.97 Å². The van der Waals surface area contributed by atoms with Crippen LogP contribution in [0.4, 0.5) is 0 Å². The number of hydrogen-bond acceptors (Lipinski definition) is 3. The highest BCUT2D eigenvalue weighted by Gasteiger charge is 2.09. The van der Waals surface area contributed by atoms with E-state index in [0.717, 1.165) is 30.8 Å². The van der Waals surface area contributed by atoms with E-state index in [1.165, 1.54) is 7.11 Å². The molecule has 0 amide bonds. The Morgan fingerprint density at radius 2 is 1.88 bits per heavy atom. The van der Waals surface area contributed by atoms with Crippen LogP contribution in [0.2, 0.25) is 0 Å². The molecule has 1 rings (SSSR count). The van der Waals surface area contributed by atoms with Crippen LogP contribution >= 0.6 is 0 Å². The molecule has 17 heavy (non-hydrogen) atoms. The van der Waals surface area contributed by atoms with Crippen molar-refractivity contribution in [1.82, 2.24) is 4.90 Å². The van der Waals surface area contributed by atoms with Gasteiger partial charge in [-0.3, -0.25) is 4.90 Å². The minimum absolute atomic E-state index is 0.269. The number of aryl methyl sites for hydroxylation is 1. The van der Waals surface area contributed by atoms with Gasteiger partial charge in [0.05, 0.1) is 12.7 Å². The summed E-state index contributed by atoms with van der Waals surface area (Å²) in [6, 6.07) is 5.89. The van der Waals surface area contributed by atoms with Gasteiger partial charge in [-0.1, -0.05) is 19.9 Å². The molecule has 3 heteroatoms. The lowest BCUT2D eigenvalue weighted by Gasteiger charge is -2.18. The average Bonchev–Trinajstić information content (AvgIpc) is 2.34. The largest absolute Gasteiger partial charge is 0.465 e. The fourth-order valence-electron chi connectivity index (χ4n) is 1.89. The topological polar surface area (TPSA) is 29.5 Å². The third-order valence-electron chi connectivity index (χ3n) is 2.86. The first-order chi connectivity index (χ1) is 8.10. The van der Waals surface area contributed by atoms with Crippen LogP contribution < -0.4 is 0 Å². The SMILES string of the molecule is CCN(CC)Cc1cc(C)cc(C(=O)OC)c1. The number of benzene rings is 1. The molecule has 0 aliphatic carbocycles. The summed E-state index contributed by atoms with van der Waals surface area (Å²) in [7, 11) is 1.41. The molecule has 0 heterocycles. The van der Waals surface area contributed by atoms with Gasteiger partial charge in [0.25, 0.3) is 0 Å². The Balaban J connectivity index is 2.93. The van der Waals surface area contributed by atoms with Crippen molar-refractivity contribution in [3.8, 4) is 0 Å². The lowest BCUT2D eigenvalue weighted by Crippen LogP contribution is -2.22. The highest BCUT2D eigenvalue weighted by atomic mass is 16.5. The minimum atomic E-state index is -0.269. The number of rotatable bonds is 5. The molecule has 0 aliphatic rings. The second-order valence-corrected chi connectivity index (χ2v) is 4.16. The molecule has 0 saturated heterocycles. The summed E-state index contributed by atoms with van der Waals surface area (Å²) in [5.74, 6) is -0.269. The van der Waals surface area contributed by atoms with Crippen molar-refractivity contribution in [1.29, 1.82) is 0 Å². The van der Waals surface area contributed by atoms with Crippen LogP contribution in [0.3, 0.4) is 0 Å². The second-order valence-electron chi connectivity index (χ2n) is 4.16. The van der Waals surface area contributed by atoms with Gasteiger partial charge < -0.3 is 4.74 Å². The monoisotopic (exact) mass is 235 g/mol. The van der Waals surface area contributed by atoms with E-state index in [9.17, 15) is 4.79 Å². The summed E-state index contributed by atoms with van der Waals surface area (Å²) in [5, 5.41) is 0. The maximum atomic E-state index is 11.5. The molecular formula is C14H21NO2. The van der Waals surface area contributed by atoms with E-state index >= 15 is 0 Å². The molecule has 0 saturated carbocycles. The summed E-state index contributed by atoms with van der Waals surface area (Å²) in [4.78, 5) is 13.8. The Morgan fingerprint density at radius 3 is 2.41 bits per heavy atom. The smallest absolute Gasteiger partial charge is 0.337 e. The van der Waals surface area contributed by atoms with Crippen molar-refractivity contribution in [3.05, 3.63) is 34.9 Å². The summed E-state index contributed by atoms with van der Waals surface area (Å²) in [5.41, 5.74) is 2.89. The van der Waals surface area contributed by atoms with E-state index in [0.29, 0.717) is 5.56 Å². The zero-order valence-electron chi connectivity index (χ0n) is 11.1. The molecule has 1 aromatic carbocycles. The van der Waals surface area contributed by atoms with Gasteiger partial charge in [-0.15, -0.1) is 0 Å². The van der Waals surface area contributed by atoms with Gasteiger partial charge in [0.1, 0.15) is 0 Å². The number of ether oxygens (including phenoxy) is 1. The zero-order chi connectivity index (χ0) is 12.8. The molecule has 1 aromatic rings. The van der Waals surface area contributed by atoms with E-state index in [-0.39, 0.29) is 5.97 Å². The summed E-state index contributed by atoms with van der Waals surface area (Å²) in [6.45, 7) is 9.17. The van der Waals surface area contributed by atoms with Crippen LogP contribution in [0.25, 0.3) is 0 Å². The van der Waals surface area contributed by atoms with E-state index in [1.807, 2.05) is 19.1 Å². The fraction of sp³-hybridized carbons (Fsp3) is 0.500. The molecule has 0 atom stereocenters. The van der Waals surface area contributed by atoms with E-state index < -0.39 is 0 Å². The average molecular weight is 235 g/mol. The number of carbonyl (C=O) groups excluding carboxylic acids is 1. The van der Waals surface area contributed by atoms with Gasteiger partial charge in [0, 0.05) is 6.54 Å². The number of esters is 1. The van der Waals surface area contributed by atoms with Crippen molar-refractivity contribution >= 4 is 5.97 Å². The molecule has 0 fully saturated rings. The quantitative estimate of drug-likeness (QED) is 0.735. The Morgan fingerprint density at radius 1 is 1.24 bits per heavy atom. The number of hydrogen-bond donors (Lipinski definition) is 0. The van der Waals surface area contributed by atoms with Crippen LogP contribution in [0, 0.1) is 6.92 Å². The Kier molecular flexibility index (Phi) is 5.16. The first kappa shape index (κ1) is 13.7. The Labute approximate surface area is 103 Å². The molecule has 0 N–H and O–H groups in total. The lowest BCUT2D eigenvalue weighted by molar-refractivity contribution is 0.0600. The summed E-state index contributed by atoms with van der Waals surface area (Å²) < 4.78 is 4.75. The maximum Gasteiger partial charge on any atom is 0.337 e. The molecule has 3 nitrogen and oxygen atoms in total. The van der Waals surface area contributed by atoms with Crippen LogP contribution in [-0.2, 0) is 11.3 Å². The van der Waals surface area contributed by atoms with Crippen molar-refractivity contribution in [2.45, 2.75) is 27.3 Å². The Bertz CT molecular complexity index is 384. The standard InChI is InChI=1S/C14H21NO2/c1-5-15(6-2)10-12-7-11(3)8-13(9-12)14(16)17-4/h7-9H,5-6,10H2,1-4H3. The van der Waals surface area contributed by atoms with Gasteiger partial charge in [0.15, 0.2) is 0 Å². The van der Waals surface area contributed by atoms with Crippen LogP contribution in [-0.4, -0.2) is 31.1 Å². The van der Waals surface area contributed by atoms with E-state index in [2.05, 4.69) is 24.8 Å². The molecule has 0 radical (unpaired) electrons. The van der Waals surface area contributed by atoms with Crippen LogP contribution in [0.5, 0.6) is 0 Å². The molecular weight excluding hydrogens is 214 g/mol. The molecule has 0 aliphatic heterocycles. The predicted molar refractivity (Wildman–Crippen MR) is 69.1 cm³/mol. The number of carbonyl (C=O) groups is 1. The Hall–Kier alpha value is -1.35. The molecule has 0 spiro atoms. The summed E-state index contributed by atoms with van der Waals surface area (Å²) in [6.07, 6.45) is 0. The first-order valence-corrected chi connectivity index (χ1v) is 6.01. The zero-order valence-corrected chi connectivity index (χ0v) is 11.1. The minimum Gasteiger partial charge on any atom is -0.465 e. The highest BCUT2D eigenvalue weighted by molar-refractivity contribution is 5.89. The van der Waals surface area contributed by atoms with Crippen LogP contribution in [0.1, 0.15) is 35.3 Å². The van der Waals surface area contributed by atoms with Crippen LogP contribution in [0.15, 0.2) is 18.2 Å². The lowest BCUT2D eigenvalue weighted by atomic mass is 10.1. The van der Waals surface area contributed by atoms with Crippen molar-refractivity contribution in [3.63, 3.8) is 0 Å².